The van der Waals surface area contributed by atoms with Crippen LogP contribution in [0, 0.1) is 0 Å². The second kappa shape index (κ2) is 53.9. The number of unbranched alkanes of at least 4 members (excludes halogenated alkanes) is 36. The predicted molar refractivity (Wildman–Crippen MR) is 313 cm³/mol. The fourth-order valence-corrected chi connectivity index (χ4v) is 10.7. The van der Waals surface area contributed by atoms with Crippen LogP contribution in [0.25, 0.3) is 0 Å². The molecule has 5 N–H and O–H groups in total. The maximum atomic E-state index is 13.9. The Morgan fingerprint density at radius 2 is 0.744 bits per heavy atom. The Morgan fingerprint density at radius 3 is 1.05 bits per heavy atom. The van der Waals surface area contributed by atoms with Gasteiger partial charge in [0.1, 0.15) is 36.7 Å². The van der Waals surface area contributed by atoms with E-state index in [2.05, 4.69) is 33.0 Å². The van der Waals surface area contributed by atoms with Crippen molar-refractivity contribution in [2.75, 3.05) is 6.61 Å². The monoisotopic (exact) mass is 1130 g/mol. The molecule has 78 heavy (non-hydrogen) atoms. The summed E-state index contributed by atoms with van der Waals surface area (Å²) in [5, 5.41) is 23.3. The molecule has 0 aromatic heterocycles. The lowest BCUT2D eigenvalue weighted by molar-refractivity contribution is -0.169. The molecule has 0 saturated carbocycles. The number of hydrogen-bond donors (Lipinski definition) is 5. The highest BCUT2D eigenvalue weighted by atomic mass is 31.2. The van der Waals surface area contributed by atoms with E-state index in [4.69, 9.17) is 18.7 Å². The van der Waals surface area contributed by atoms with E-state index >= 15 is 0 Å². The Morgan fingerprint density at radius 1 is 0.436 bits per heavy atom. The number of nitrogens with one attached hydrogen (secondary N) is 1. The van der Waals surface area contributed by atoms with Crippen molar-refractivity contribution in [2.45, 2.75) is 360 Å². The number of hydrogen-bond acceptors (Lipinski definition) is 12. The lowest BCUT2D eigenvalue weighted by Crippen LogP contribution is -2.56. The molecule has 1 amide bonds. The van der Waals surface area contributed by atoms with Gasteiger partial charge < -0.3 is 44.3 Å². The van der Waals surface area contributed by atoms with E-state index in [1.165, 1.54) is 141 Å². The van der Waals surface area contributed by atoms with Crippen molar-refractivity contribution in [2.24, 2.45) is 0 Å². The van der Waals surface area contributed by atoms with Crippen LogP contribution in [-0.2, 0) is 47.3 Å². The zero-order valence-electron chi connectivity index (χ0n) is 50.1. The summed E-state index contributed by atoms with van der Waals surface area (Å²) in [4.78, 5) is 87.0. The van der Waals surface area contributed by atoms with Crippen molar-refractivity contribution in [1.82, 2.24) is 5.32 Å². The summed E-state index contributed by atoms with van der Waals surface area (Å²) in [5.74, 6) is -2.74. The van der Waals surface area contributed by atoms with Crippen LogP contribution >= 0.6 is 7.82 Å². The molecule has 0 spiro atoms. The van der Waals surface area contributed by atoms with E-state index in [-0.39, 0.29) is 25.5 Å². The van der Waals surface area contributed by atoms with E-state index in [9.17, 15) is 48.5 Å². The molecule has 0 fully saturated rings. The van der Waals surface area contributed by atoms with Gasteiger partial charge in [-0.2, -0.15) is 0 Å². The molecule has 0 heterocycles. The topological polar surface area (TPSA) is 232 Å². The number of aliphatic hydroxyl groups is 2. The highest BCUT2D eigenvalue weighted by Crippen LogP contribution is 2.40. The minimum absolute atomic E-state index is 0.165. The molecule has 0 aliphatic rings. The molecule has 0 rings (SSSR count). The van der Waals surface area contributed by atoms with Crippen LogP contribution in [0.15, 0.2) is 0 Å². The van der Waals surface area contributed by atoms with Crippen LogP contribution in [0.2, 0.25) is 0 Å². The number of phosphoric acid groups is 1. The Balaban J connectivity index is 6.12. The molecule has 0 bridgehead atoms. The van der Waals surface area contributed by atoms with Gasteiger partial charge in [-0.05, 0) is 38.5 Å². The van der Waals surface area contributed by atoms with E-state index in [1.54, 1.807) is 0 Å². The zero-order chi connectivity index (χ0) is 57.8. The predicted octanol–water partition coefficient (Wildman–Crippen LogP) is 15.3. The molecule has 2 unspecified atom stereocenters. The highest BCUT2D eigenvalue weighted by Gasteiger charge is 2.43. The van der Waals surface area contributed by atoms with Crippen molar-refractivity contribution >= 4 is 37.9 Å². The third kappa shape index (κ3) is 47.2. The number of rotatable bonds is 59. The first-order valence-electron chi connectivity index (χ1n) is 32.1. The summed E-state index contributed by atoms with van der Waals surface area (Å²) in [7, 11) is -5.49. The van der Waals surface area contributed by atoms with Gasteiger partial charge in [0.25, 0.3) is 0 Å². The van der Waals surface area contributed by atoms with Gasteiger partial charge in [-0.3, -0.25) is 23.7 Å². The molecule has 0 aromatic carbocycles. The van der Waals surface area contributed by atoms with E-state index in [0.717, 1.165) is 89.9 Å². The van der Waals surface area contributed by atoms with Crippen molar-refractivity contribution in [3.05, 3.63) is 0 Å². The molecule has 15 nitrogen and oxygen atoms in total. The second-order valence-electron chi connectivity index (χ2n) is 22.4. The Bertz CT molecular complexity index is 1480. The van der Waals surface area contributed by atoms with Crippen molar-refractivity contribution in [3.63, 3.8) is 0 Å². The molecule has 0 saturated heterocycles. The van der Waals surface area contributed by atoms with Crippen LogP contribution in [0.5, 0.6) is 0 Å². The van der Waals surface area contributed by atoms with Gasteiger partial charge >= 0.3 is 25.7 Å². The Labute approximate surface area is 475 Å². The average molecular weight is 1130 g/mol. The molecule has 0 aromatic rings. The van der Waals surface area contributed by atoms with Crippen molar-refractivity contribution in [1.29, 1.82) is 0 Å². The van der Waals surface area contributed by atoms with Crippen LogP contribution in [-0.4, -0.2) is 93.3 Å². The lowest BCUT2D eigenvalue weighted by atomic mass is 10.0. The Hall–Kier alpha value is -2.42. The fraction of sp³-hybridized carbons (Fsp3) is 0.919. The summed E-state index contributed by atoms with van der Waals surface area (Å²) in [6, 6.07) is -1.85. The molecule has 460 valence electrons. The summed E-state index contributed by atoms with van der Waals surface area (Å²) in [5.41, 5.74) is 0. The largest absolute Gasteiger partial charge is 0.470 e. The van der Waals surface area contributed by atoms with Gasteiger partial charge in [0.05, 0.1) is 19.4 Å². The van der Waals surface area contributed by atoms with Gasteiger partial charge in [0.2, 0.25) is 5.91 Å². The summed E-state index contributed by atoms with van der Waals surface area (Å²) >= 11 is 0. The average Bonchev–Trinajstić information content (AvgIpc) is 3.40. The molecule has 0 aliphatic carbocycles. The van der Waals surface area contributed by atoms with Crippen LogP contribution < -0.4 is 5.32 Å². The number of esters is 3. The molecule has 6 atom stereocenters. The highest BCUT2D eigenvalue weighted by molar-refractivity contribution is 7.46. The van der Waals surface area contributed by atoms with E-state index in [1.807, 2.05) is 0 Å². The second-order valence-corrected chi connectivity index (χ2v) is 23.6. The van der Waals surface area contributed by atoms with Crippen molar-refractivity contribution in [3.8, 4) is 0 Å². The first-order chi connectivity index (χ1) is 37.7. The normalized spacial score (nSPS) is 14.1. The maximum Gasteiger partial charge on any atom is 0.470 e. The number of amides is 1. The standard InChI is InChI=1S/C62H118NO14P/c1-5-9-13-17-21-25-27-31-35-39-43-47-58(68)74-53(45-41-37-33-29-23-19-15-11-7-3)49-57(67)63-55(51-64)61(62(56(66)52-65)77-78(71,72)73)76-60(70)50-54(46-42-38-34-30-24-20-16-12-8-4)75-59(69)48-44-40-36-32-28-26-22-18-14-10-6-2/h51,53-56,61-62,65-66H,5-50,52H2,1-4H3,(H,63,67)(H2,71,72,73)/t53?,54?,55-,56+,61+,62-/m0/s1. The molecule has 16 heteroatoms. The third-order valence-electron chi connectivity index (χ3n) is 14.9. The smallest absolute Gasteiger partial charge is 0.462 e. The van der Waals surface area contributed by atoms with Gasteiger partial charge in [-0.25, -0.2) is 4.57 Å². The fourth-order valence-electron chi connectivity index (χ4n) is 10.1. The number of carbonyl (C=O) groups is 5. The van der Waals surface area contributed by atoms with E-state index in [0.29, 0.717) is 38.5 Å². The van der Waals surface area contributed by atoms with Gasteiger partial charge in [0.15, 0.2) is 6.10 Å². The first-order valence-corrected chi connectivity index (χ1v) is 33.6. The minimum Gasteiger partial charge on any atom is -0.462 e. The van der Waals surface area contributed by atoms with Crippen LogP contribution in [0.4, 0.5) is 0 Å². The third-order valence-corrected chi connectivity index (χ3v) is 15.4. The number of ether oxygens (including phenoxy) is 3. The number of phosphoric ester groups is 1. The number of aliphatic hydroxyl groups excluding tert-OH is 2. The molecular formula is C62H118NO14P. The quantitative estimate of drug-likeness (QED) is 0.0125. The van der Waals surface area contributed by atoms with Crippen LogP contribution in [0.1, 0.15) is 323 Å². The minimum atomic E-state index is -5.49. The molecule has 0 radical (unpaired) electrons. The Kier molecular flexibility index (Phi) is 52.2. The van der Waals surface area contributed by atoms with Gasteiger partial charge in [-0.1, -0.05) is 259 Å². The maximum absolute atomic E-state index is 13.9. The van der Waals surface area contributed by atoms with Crippen molar-refractivity contribution < 1.29 is 67.3 Å². The van der Waals surface area contributed by atoms with Gasteiger partial charge in [0, 0.05) is 12.8 Å². The SMILES string of the molecule is CCCCCCCCCCCCCC(=O)OC(CCCCCCCCCCC)CC(=O)N[C@@H](C=O)[C@@H](OC(=O)CC(CCCCCCCCCCC)OC(=O)CCCCCCCCCCCCC)[C@@H](OP(=O)(O)O)[C@H](O)CO. The summed E-state index contributed by atoms with van der Waals surface area (Å²) in [6.07, 6.45) is 35.9. The molecular weight excluding hydrogens is 1010 g/mol. The summed E-state index contributed by atoms with van der Waals surface area (Å²) < 4.78 is 34.7. The first kappa shape index (κ1) is 75.6. The molecule has 0 aliphatic heterocycles. The number of carbonyl (C=O) groups excluding carboxylic acids is 5. The lowest BCUT2D eigenvalue weighted by Gasteiger charge is -2.33. The number of aldehydes is 1. The zero-order valence-corrected chi connectivity index (χ0v) is 51.0. The van der Waals surface area contributed by atoms with Crippen LogP contribution in [0.3, 0.4) is 0 Å². The summed E-state index contributed by atoms with van der Waals surface area (Å²) in [6.45, 7) is 7.67. The van der Waals surface area contributed by atoms with E-state index < -0.39 is 81.2 Å². The van der Waals surface area contributed by atoms with Gasteiger partial charge in [-0.15, -0.1) is 0 Å².